The van der Waals surface area contributed by atoms with Crippen LogP contribution in [0.3, 0.4) is 0 Å². The van der Waals surface area contributed by atoms with Gasteiger partial charge >= 0.3 is 0 Å². The van der Waals surface area contributed by atoms with Crippen LogP contribution in [0.5, 0.6) is 0 Å². The fourth-order valence-electron chi connectivity index (χ4n) is 8.15. The zero-order valence-corrected chi connectivity index (χ0v) is 19.6. The Bertz CT molecular complexity index is 1100. The Morgan fingerprint density at radius 2 is 1.79 bits per heavy atom. The minimum absolute atomic E-state index is 0.0408. The lowest BCUT2D eigenvalue weighted by Crippen LogP contribution is -2.55. The van der Waals surface area contributed by atoms with E-state index in [-0.39, 0.29) is 51.6 Å². The molecule has 4 saturated carbocycles. The molecule has 1 aromatic carbocycles. The van der Waals surface area contributed by atoms with Gasteiger partial charge < -0.3 is 5.32 Å². The van der Waals surface area contributed by atoms with Gasteiger partial charge in [0.1, 0.15) is 5.78 Å². The van der Waals surface area contributed by atoms with Gasteiger partial charge in [-0.2, -0.15) is 0 Å². The number of benzene rings is 1. The molecule has 0 spiro atoms. The molecule has 1 amide bonds. The first-order valence-corrected chi connectivity index (χ1v) is 12.6. The van der Waals surface area contributed by atoms with Crippen LogP contribution in [0.2, 0.25) is 0 Å². The van der Waals surface area contributed by atoms with Crippen molar-refractivity contribution in [1.29, 1.82) is 0 Å². The Morgan fingerprint density at radius 3 is 2.52 bits per heavy atom. The van der Waals surface area contributed by atoms with Crippen LogP contribution < -0.4 is 5.32 Å². The van der Waals surface area contributed by atoms with Gasteiger partial charge in [0, 0.05) is 23.7 Å². The molecular formula is C29H33NO3. The SMILES string of the molecule is CC12C=CC(=O)C=C1CCC1C2C(=O)CC2(C)C(C(=O)NC3(c4ccccc4)CC3)CCC12. The molecule has 5 aliphatic carbocycles. The smallest absolute Gasteiger partial charge is 0.224 e. The van der Waals surface area contributed by atoms with E-state index >= 15 is 0 Å². The molecule has 0 bridgehead atoms. The van der Waals surface area contributed by atoms with E-state index < -0.39 is 0 Å². The molecule has 1 N–H and O–H groups in total. The van der Waals surface area contributed by atoms with Gasteiger partial charge in [0.05, 0.1) is 5.54 Å². The van der Waals surface area contributed by atoms with Gasteiger partial charge in [0.15, 0.2) is 5.78 Å². The second-order valence-electron chi connectivity index (χ2n) is 11.7. The van der Waals surface area contributed by atoms with E-state index in [1.54, 1.807) is 12.2 Å². The number of nitrogens with one attached hydrogen (secondary N) is 1. The van der Waals surface area contributed by atoms with Crippen molar-refractivity contribution in [2.45, 2.75) is 64.3 Å². The van der Waals surface area contributed by atoms with Crippen LogP contribution in [0.1, 0.15) is 64.4 Å². The van der Waals surface area contributed by atoms with Crippen molar-refractivity contribution in [3.63, 3.8) is 0 Å². The number of amides is 1. The van der Waals surface area contributed by atoms with Crippen molar-refractivity contribution in [2.24, 2.45) is 34.5 Å². The molecule has 172 valence electrons. The van der Waals surface area contributed by atoms with Crippen molar-refractivity contribution in [2.75, 3.05) is 0 Å². The van der Waals surface area contributed by atoms with E-state index in [1.165, 1.54) is 5.56 Å². The third-order valence-corrected chi connectivity index (χ3v) is 10.0. The summed E-state index contributed by atoms with van der Waals surface area (Å²) in [4.78, 5) is 39.4. The first-order valence-electron chi connectivity index (χ1n) is 12.6. The maximum absolute atomic E-state index is 13.7. The second kappa shape index (κ2) is 7.01. The highest BCUT2D eigenvalue weighted by Crippen LogP contribution is 2.65. The first-order chi connectivity index (χ1) is 15.8. The number of Topliss-reactive ketones (excluding diaryl/α,β-unsaturated/α-hetero) is 1. The number of carbonyl (C=O) groups excluding carboxylic acids is 3. The Kier molecular flexibility index (Phi) is 4.47. The fourth-order valence-corrected chi connectivity index (χ4v) is 8.15. The summed E-state index contributed by atoms with van der Waals surface area (Å²) in [6, 6.07) is 10.3. The molecule has 1 aromatic rings. The molecule has 4 heteroatoms. The second-order valence-corrected chi connectivity index (χ2v) is 11.7. The van der Waals surface area contributed by atoms with Gasteiger partial charge in [0.25, 0.3) is 0 Å². The topological polar surface area (TPSA) is 63.2 Å². The number of carbonyl (C=O) groups is 3. The summed E-state index contributed by atoms with van der Waals surface area (Å²) in [7, 11) is 0. The summed E-state index contributed by atoms with van der Waals surface area (Å²) in [5, 5.41) is 3.42. The van der Waals surface area contributed by atoms with Crippen LogP contribution in [0.4, 0.5) is 0 Å². The molecule has 33 heavy (non-hydrogen) atoms. The number of allylic oxidation sites excluding steroid dienone is 4. The number of ketones is 2. The molecule has 0 saturated heterocycles. The summed E-state index contributed by atoms with van der Waals surface area (Å²) < 4.78 is 0. The van der Waals surface area contributed by atoms with Crippen molar-refractivity contribution >= 4 is 17.5 Å². The average Bonchev–Trinajstić information content (AvgIpc) is 3.48. The van der Waals surface area contributed by atoms with E-state index in [9.17, 15) is 14.4 Å². The Hall–Kier alpha value is -2.49. The van der Waals surface area contributed by atoms with Gasteiger partial charge in [-0.25, -0.2) is 0 Å². The quantitative estimate of drug-likeness (QED) is 0.723. The zero-order valence-electron chi connectivity index (χ0n) is 19.6. The van der Waals surface area contributed by atoms with Crippen molar-refractivity contribution in [3.8, 4) is 0 Å². The molecule has 5 aliphatic rings. The van der Waals surface area contributed by atoms with Gasteiger partial charge in [-0.15, -0.1) is 0 Å². The minimum Gasteiger partial charge on any atom is -0.346 e. The molecule has 0 aliphatic heterocycles. The van der Waals surface area contributed by atoms with Crippen LogP contribution in [-0.2, 0) is 19.9 Å². The van der Waals surface area contributed by atoms with E-state index in [0.29, 0.717) is 12.3 Å². The van der Waals surface area contributed by atoms with Crippen molar-refractivity contribution in [1.82, 2.24) is 5.32 Å². The Balaban J connectivity index is 1.27. The number of fused-ring (bicyclic) bond motifs is 5. The summed E-state index contributed by atoms with van der Waals surface area (Å²) in [6.07, 6.45) is 11.6. The normalized spacial score (nSPS) is 40.4. The van der Waals surface area contributed by atoms with E-state index in [0.717, 1.165) is 44.1 Å². The van der Waals surface area contributed by atoms with E-state index in [4.69, 9.17) is 0 Å². The molecule has 6 unspecified atom stereocenters. The maximum Gasteiger partial charge on any atom is 0.224 e. The standard InChI is InChI=1S/C29H33NO3/c1-27-13-12-20(31)16-19(27)8-9-21-22-10-11-23(28(22,2)17-24(32)25(21)27)26(33)30-29(14-15-29)18-6-4-3-5-7-18/h3-7,12-13,16,21-23,25H,8-11,14-15,17H2,1-2H3,(H,30,33). The highest BCUT2D eigenvalue weighted by atomic mass is 16.2. The van der Waals surface area contributed by atoms with Crippen LogP contribution >= 0.6 is 0 Å². The number of hydrogen-bond acceptors (Lipinski definition) is 3. The third kappa shape index (κ3) is 2.98. The molecule has 6 atom stereocenters. The zero-order chi connectivity index (χ0) is 23.0. The predicted molar refractivity (Wildman–Crippen MR) is 126 cm³/mol. The number of rotatable bonds is 3. The molecule has 0 radical (unpaired) electrons. The van der Waals surface area contributed by atoms with Gasteiger partial charge in [-0.1, -0.05) is 55.8 Å². The molecular weight excluding hydrogens is 410 g/mol. The molecule has 0 heterocycles. The lowest BCUT2D eigenvalue weighted by Gasteiger charge is -2.55. The molecule has 6 rings (SSSR count). The van der Waals surface area contributed by atoms with Crippen LogP contribution in [0.15, 0.2) is 54.1 Å². The summed E-state index contributed by atoms with van der Waals surface area (Å²) in [5.41, 5.74) is 1.47. The van der Waals surface area contributed by atoms with Gasteiger partial charge in [0.2, 0.25) is 5.91 Å². The van der Waals surface area contributed by atoms with Crippen LogP contribution in [0, 0.1) is 34.5 Å². The summed E-state index contributed by atoms with van der Waals surface area (Å²) in [6.45, 7) is 4.36. The highest BCUT2D eigenvalue weighted by molar-refractivity contribution is 6.01. The minimum atomic E-state index is -0.346. The molecule has 4 fully saturated rings. The highest BCUT2D eigenvalue weighted by Gasteiger charge is 2.63. The summed E-state index contributed by atoms with van der Waals surface area (Å²) >= 11 is 0. The van der Waals surface area contributed by atoms with Crippen LogP contribution in [-0.4, -0.2) is 17.5 Å². The lowest BCUT2D eigenvalue weighted by atomic mass is 9.47. The molecule has 0 aromatic heterocycles. The van der Waals surface area contributed by atoms with Crippen LogP contribution in [0.25, 0.3) is 0 Å². The monoisotopic (exact) mass is 443 g/mol. The van der Waals surface area contributed by atoms with Crippen molar-refractivity contribution < 1.29 is 14.4 Å². The van der Waals surface area contributed by atoms with Gasteiger partial charge in [-0.3, -0.25) is 14.4 Å². The van der Waals surface area contributed by atoms with E-state index in [2.05, 4.69) is 31.3 Å². The Morgan fingerprint density at radius 1 is 1.03 bits per heavy atom. The van der Waals surface area contributed by atoms with Crippen molar-refractivity contribution in [3.05, 3.63) is 59.7 Å². The molecule has 4 nitrogen and oxygen atoms in total. The Labute approximate surface area is 195 Å². The van der Waals surface area contributed by atoms with Gasteiger partial charge in [-0.05, 0) is 73.5 Å². The average molecular weight is 444 g/mol. The lowest BCUT2D eigenvalue weighted by molar-refractivity contribution is -0.146. The third-order valence-electron chi connectivity index (χ3n) is 10.0. The maximum atomic E-state index is 13.7. The predicted octanol–water partition coefficient (Wildman–Crippen LogP) is 4.90. The fraction of sp³-hybridized carbons (Fsp3) is 0.552. The number of hydrogen-bond donors (Lipinski definition) is 1. The largest absolute Gasteiger partial charge is 0.346 e. The van der Waals surface area contributed by atoms with E-state index in [1.807, 2.05) is 24.3 Å². The first kappa shape index (κ1) is 21.1. The summed E-state index contributed by atoms with van der Waals surface area (Å²) in [5.74, 6) is 0.958.